The van der Waals surface area contributed by atoms with E-state index in [0.717, 1.165) is 11.6 Å². The molecule has 1 aliphatic heterocycles. The minimum absolute atomic E-state index is 0.0360. The lowest BCUT2D eigenvalue weighted by atomic mass is 9.94. The van der Waals surface area contributed by atoms with Crippen molar-refractivity contribution in [2.75, 3.05) is 19.7 Å². The minimum Gasteiger partial charge on any atom is -0.395 e. The van der Waals surface area contributed by atoms with E-state index in [4.69, 9.17) is 5.11 Å². The summed E-state index contributed by atoms with van der Waals surface area (Å²) in [6.07, 6.45) is -3.88. The summed E-state index contributed by atoms with van der Waals surface area (Å²) in [7, 11) is 0. The Bertz CT molecular complexity index is 403. The van der Waals surface area contributed by atoms with E-state index < -0.39 is 11.7 Å². The number of halogens is 3. The molecule has 0 amide bonds. The monoisotopic (exact) mass is 245 g/mol. The first kappa shape index (κ1) is 12.4. The highest BCUT2D eigenvalue weighted by molar-refractivity contribution is 5.38. The molecule has 1 aromatic carbocycles. The largest absolute Gasteiger partial charge is 0.416 e. The van der Waals surface area contributed by atoms with Gasteiger partial charge in [-0.15, -0.1) is 0 Å². The van der Waals surface area contributed by atoms with Crippen LogP contribution in [0.15, 0.2) is 18.2 Å². The van der Waals surface area contributed by atoms with Crippen molar-refractivity contribution in [1.82, 2.24) is 4.90 Å². The Hall–Kier alpha value is -1.07. The van der Waals surface area contributed by atoms with Crippen LogP contribution in [-0.4, -0.2) is 29.7 Å². The first-order valence-electron chi connectivity index (χ1n) is 5.53. The maximum atomic E-state index is 12.8. The van der Waals surface area contributed by atoms with Crippen LogP contribution in [0.1, 0.15) is 16.7 Å². The predicted molar refractivity (Wildman–Crippen MR) is 57.5 cm³/mol. The molecule has 94 valence electrons. The SMILES string of the molecule is OCCN1CCc2c(cccc2C(F)(F)F)C1. The Labute approximate surface area is 97.7 Å². The van der Waals surface area contributed by atoms with E-state index in [9.17, 15) is 13.2 Å². The van der Waals surface area contributed by atoms with E-state index in [2.05, 4.69) is 0 Å². The van der Waals surface area contributed by atoms with Crippen molar-refractivity contribution in [1.29, 1.82) is 0 Å². The molecule has 5 heteroatoms. The molecule has 0 fully saturated rings. The van der Waals surface area contributed by atoms with Crippen LogP contribution in [-0.2, 0) is 19.1 Å². The molecule has 0 spiro atoms. The van der Waals surface area contributed by atoms with Crippen LogP contribution in [0.2, 0.25) is 0 Å². The number of β-amino-alcohol motifs (C(OH)–C–C–N with tert-alkyl or cyclic N) is 1. The second-order valence-electron chi connectivity index (χ2n) is 4.19. The summed E-state index contributed by atoms with van der Waals surface area (Å²) in [6, 6.07) is 4.32. The topological polar surface area (TPSA) is 23.5 Å². The van der Waals surface area contributed by atoms with Gasteiger partial charge in [0.25, 0.3) is 0 Å². The number of aliphatic hydroxyl groups excluding tert-OH is 1. The third-order valence-corrected chi connectivity index (χ3v) is 3.07. The van der Waals surface area contributed by atoms with E-state index in [1.54, 1.807) is 6.07 Å². The summed E-state index contributed by atoms with van der Waals surface area (Å²) >= 11 is 0. The smallest absolute Gasteiger partial charge is 0.395 e. The number of hydrogen-bond acceptors (Lipinski definition) is 2. The Morgan fingerprint density at radius 1 is 1.29 bits per heavy atom. The maximum absolute atomic E-state index is 12.8. The summed E-state index contributed by atoms with van der Waals surface area (Å²) in [4.78, 5) is 1.96. The van der Waals surface area contributed by atoms with E-state index in [-0.39, 0.29) is 6.61 Å². The van der Waals surface area contributed by atoms with Gasteiger partial charge in [-0.2, -0.15) is 13.2 Å². The third kappa shape index (κ3) is 2.61. The van der Waals surface area contributed by atoms with Crippen LogP contribution in [0.3, 0.4) is 0 Å². The zero-order valence-electron chi connectivity index (χ0n) is 9.30. The molecule has 1 N–H and O–H groups in total. The molecule has 0 atom stereocenters. The number of rotatable bonds is 2. The number of aliphatic hydroxyl groups is 1. The summed E-state index contributed by atoms with van der Waals surface area (Å²) < 4.78 is 38.3. The van der Waals surface area contributed by atoms with Gasteiger partial charge >= 0.3 is 6.18 Å². The van der Waals surface area contributed by atoms with Crippen molar-refractivity contribution in [3.63, 3.8) is 0 Å². The Morgan fingerprint density at radius 3 is 2.71 bits per heavy atom. The van der Waals surface area contributed by atoms with E-state index in [1.165, 1.54) is 6.07 Å². The standard InChI is InChI=1S/C12H14F3NO/c13-12(14,15)11-3-1-2-9-8-16(6-7-17)5-4-10(9)11/h1-3,17H,4-8H2. The molecule has 2 nitrogen and oxygen atoms in total. The second kappa shape index (κ2) is 4.66. The van der Waals surface area contributed by atoms with Crippen molar-refractivity contribution in [3.05, 3.63) is 34.9 Å². The molecule has 0 aliphatic carbocycles. The molecule has 0 saturated heterocycles. The minimum atomic E-state index is -4.27. The van der Waals surface area contributed by atoms with Crippen molar-refractivity contribution < 1.29 is 18.3 Å². The molecule has 0 unspecified atom stereocenters. The maximum Gasteiger partial charge on any atom is 0.416 e. The lowest BCUT2D eigenvalue weighted by Gasteiger charge is -2.29. The number of benzene rings is 1. The molecule has 1 aromatic rings. The molecule has 2 rings (SSSR count). The lowest BCUT2D eigenvalue weighted by Crippen LogP contribution is -2.33. The van der Waals surface area contributed by atoms with Crippen LogP contribution < -0.4 is 0 Å². The molecule has 0 radical (unpaired) electrons. The van der Waals surface area contributed by atoms with Gasteiger partial charge in [0, 0.05) is 19.6 Å². The highest BCUT2D eigenvalue weighted by atomic mass is 19.4. The van der Waals surface area contributed by atoms with Crippen LogP contribution in [0.5, 0.6) is 0 Å². The van der Waals surface area contributed by atoms with E-state index in [1.807, 2.05) is 4.90 Å². The molecule has 17 heavy (non-hydrogen) atoms. The summed E-state index contributed by atoms with van der Waals surface area (Å²) in [5.41, 5.74) is 0.618. The zero-order valence-corrected chi connectivity index (χ0v) is 9.30. The molecular weight excluding hydrogens is 231 g/mol. The van der Waals surface area contributed by atoms with E-state index in [0.29, 0.717) is 31.6 Å². The highest BCUT2D eigenvalue weighted by Gasteiger charge is 2.35. The Kier molecular flexibility index (Phi) is 3.40. The Balaban J connectivity index is 2.29. The average Bonchev–Trinajstić information content (AvgIpc) is 2.27. The first-order chi connectivity index (χ1) is 8.02. The summed E-state index contributed by atoms with van der Waals surface area (Å²) in [6.45, 7) is 1.60. The first-order valence-corrected chi connectivity index (χ1v) is 5.53. The molecule has 1 aliphatic rings. The average molecular weight is 245 g/mol. The number of fused-ring (bicyclic) bond motifs is 1. The summed E-state index contributed by atoms with van der Waals surface area (Å²) in [5.74, 6) is 0. The molecular formula is C12H14F3NO. The van der Waals surface area contributed by atoms with Crippen molar-refractivity contribution in [2.45, 2.75) is 19.1 Å². The van der Waals surface area contributed by atoms with Crippen LogP contribution in [0.25, 0.3) is 0 Å². The highest BCUT2D eigenvalue weighted by Crippen LogP contribution is 2.35. The predicted octanol–water partition coefficient (Wildman–Crippen LogP) is 2.06. The lowest BCUT2D eigenvalue weighted by molar-refractivity contribution is -0.138. The van der Waals surface area contributed by atoms with Crippen molar-refractivity contribution >= 4 is 0 Å². The molecule has 1 heterocycles. The van der Waals surface area contributed by atoms with Crippen molar-refractivity contribution in [2.24, 2.45) is 0 Å². The number of nitrogens with zero attached hydrogens (tertiary/aromatic N) is 1. The van der Waals surface area contributed by atoms with Crippen LogP contribution in [0.4, 0.5) is 13.2 Å². The van der Waals surface area contributed by atoms with Gasteiger partial charge in [-0.1, -0.05) is 12.1 Å². The normalized spacial score (nSPS) is 16.9. The fourth-order valence-corrected chi connectivity index (χ4v) is 2.27. The quantitative estimate of drug-likeness (QED) is 0.862. The molecule has 0 aromatic heterocycles. The van der Waals surface area contributed by atoms with Gasteiger partial charge in [0.1, 0.15) is 0 Å². The van der Waals surface area contributed by atoms with Crippen molar-refractivity contribution in [3.8, 4) is 0 Å². The fraction of sp³-hybridized carbons (Fsp3) is 0.500. The van der Waals surface area contributed by atoms with Crippen LogP contribution in [0, 0.1) is 0 Å². The second-order valence-corrected chi connectivity index (χ2v) is 4.19. The molecule has 0 saturated carbocycles. The van der Waals surface area contributed by atoms with Gasteiger partial charge in [0.05, 0.1) is 12.2 Å². The van der Waals surface area contributed by atoms with Gasteiger partial charge in [-0.25, -0.2) is 0 Å². The molecule has 0 bridgehead atoms. The van der Waals surface area contributed by atoms with Gasteiger partial charge in [0.15, 0.2) is 0 Å². The van der Waals surface area contributed by atoms with Crippen LogP contribution >= 0.6 is 0 Å². The zero-order chi connectivity index (χ0) is 12.5. The Morgan fingerprint density at radius 2 is 2.06 bits per heavy atom. The number of alkyl halides is 3. The fourth-order valence-electron chi connectivity index (χ4n) is 2.27. The van der Waals surface area contributed by atoms with Gasteiger partial charge in [-0.05, 0) is 23.6 Å². The third-order valence-electron chi connectivity index (χ3n) is 3.07. The van der Waals surface area contributed by atoms with E-state index >= 15 is 0 Å². The summed E-state index contributed by atoms with van der Waals surface area (Å²) in [5, 5.41) is 8.83. The van der Waals surface area contributed by atoms with Gasteiger partial charge in [0.2, 0.25) is 0 Å². The van der Waals surface area contributed by atoms with Gasteiger partial charge in [-0.3, -0.25) is 4.90 Å². The van der Waals surface area contributed by atoms with Gasteiger partial charge < -0.3 is 5.11 Å². The number of hydrogen-bond donors (Lipinski definition) is 1.